The van der Waals surface area contributed by atoms with Crippen LogP contribution in [0.3, 0.4) is 0 Å². The zero-order chi connectivity index (χ0) is 23.0. The molecule has 3 rings (SSSR count). The van der Waals surface area contributed by atoms with E-state index in [9.17, 15) is 19.5 Å². The maximum absolute atomic E-state index is 12.3. The summed E-state index contributed by atoms with van der Waals surface area (Å²) in [5, 5.41) is 9.90. The summed E-state index contributed by atoms with van der Waals surface area (Å²) in [6.07, 6.45) is 1.46. The zero-order valence-corrected chi connectivity index (χ0v) is 18.5. The van der Waals surface area contributed by atoms with Crippen molar-refractivity contribution in [3.63, 3.8) is 0 Å². The Balaban J connectivity index is 1.83. The summed E-state index contributed by atoms with van der Waals surface area (Å²) in [5.41, 5.74) is -0.878. The molecule has 0 amide bonds. The highest BCUT2D eigenvalue weighted by molar-refractivity contribution is 5.72. The first-order chi connectivity index (χ1) is 14.4. The SMILES string of the molecule is CC(=O)OCC1=COC(OC(=O)CC(C)(C)O)C2C1=CC(OC(=O)CC(C)C)C21CO1. The van der Waals surface area contributed by atoms with E-state index in [1.54, 1.807) is 6.08 Å². The standard InChI is InChI=1S/C22H30O9/c1-12(2)6-17(24)30-16-7-15-14(9-27-13(3)23)10-28-20(19(15)22(16)11-29-22)31-18(25)8-21(4,5)26/h7,10,12,16,19-20,26H,6,8-9,11H2,1-5H3. The van der Waals surface area contributed by atoms with Gasteiger partial charge in [0.2, 0.25) is 0 Å². The molecule has 31 heavy (non-hydrogen) atoms. The van der Waals surface area contributed by atoms with Crippen LogP contribution in [0.4, 0.5) is 0 Å². The number of fused-ring (bicyclic) bond motifs is 2. The first-order valence-electron chi connectivity index (χ1n) is 10.4. The average molecular weight is 438 g/mol. The predicted octanol–water partition coefficient (Wildman–Crippen LogP) is 1.78. The third kappa shape index (κ3) is 5.46. The van der Waals surface area contributed by atoms with Gasteiger partial charge in [-0.05, 0) is 31.4 Å². The van der Waals surface area contributed by atoms with Gasteiger partial charge in [-0.15, -0.1) is 0 Å². The van der Waals surface area contributed by atoms with Crippen molar-refractivity contribution >= 4 is 17.9 Å². The summed E-state index contributed by atoms with van der Waals surface area (Å²) in [4.78, 5) is 35.9. The van der Waals surface area contributed by atoms with E-state index in [4.69, 9.17) is 23.7 Å². The first kappa shape index (κ1) is 23.3. The van der Waals surface area contributed by atoms with Gasteiger partial charge in [0.25, 0.3) is 6.29 Å². The van der Waals surface area contributed by atoms with Crippen molar-refractivity contribution in [2.45, 2.75) is 71.1 Å². The molecule has 1 fully saturated rings. The van der Waals surface area contributed by atoms with Gasteiger partial charge in [-0.25, -0.2) is 0 Å². The molecule has 1 saturated heterocycles. The molecule has 0 aromatic heterocycles. The Morgan fingerprint density at radius 2 is 1.94 bits per heavy atom. The minimum atomic E-state index is -1.24. The van der Waals surface area contributed by atoms with Gasteiger partial charge in [0.05, 0.1) is 30.8 Å². The number of esters is 3. The molecule has 0 saturated carbocycles. The molecule has 1 N–H and O–H groups in total. The van der Waals surface area contributed by atoms with Gasteiger partial charge in [-0.1, -0.05) is 13.8 Å². The maximum atomic E-state index is 12.3. The van der Waals surface area contributed by atoms with Crippen LogP contribution in [0.15, 0.2) is 23.5 Å². The minimum Gasteiger partial charge on any atom is -0.461 e. The highest BCUT2D eigenvalue weighted by atomic mass is 16.7. The lowest BCUT2D eigenvalue weighted by molar-refractivity contribution is -0.188. The normalized spacial score (nSPS) is 28.9. The van der Waals surface area contributed by atoms with E-state index in [2.05, 4.69) is 0 Å². The quantitative estimate of drug-likeness (QED) is 0.343. The van der Waals surface area contributed by atoms with Gasteiger partial charge < -0.3 is 28.8 Å². The summed E-state index contributed by atoms with van der Waals surface area (Å²) in [7, 11) is 0. The number of carbonyl (C=O) groups excluding carboxylic acids is 3. The molecule has 0 radical (unpaired) electrons. The molecule has 4 unspecified atom stereocenters. The van der Waals surface area contributed by atoms with Gasteiger partial charge in [-0.3, -0.25) is 14.4 Å². The van der Waals surface area contributed by atoms with E-state index in [1.807, 2.05) is 13.8 Å². The molecule has 4 atom stereocenters. The molecule has 2 heterocycles. The van der Waals surface area contributed by atoms with Crippen molar-refractivity contribution in [1.29, 1.82) is 0 Å². The summed E-state index contributed by atoms with van der Waals surface area (Å²) in [6, 6.07) is 0. The molecule has 0 aromatic rings. The van der Waals surface area contributed by atoms with Crippen LogP contribution >= 0.6 is 0 Å². The van der Waals surface area contributed by atoms with Crippen LogP contribution in [0.1, 0.15) is 47.5 Å². The molecule has 0 bridgehead atoms. The van der Waals surface area contributed by atoms with Crippen LogP contribution < -0.4 is 0 Å². The number of rotatable bonds is 8. The Morgan fingerprint density at radius 3 is 2.48 bits per heavy atom. The smallest absolute Gasteiger partial charge is 0.311 e. The Bertz CT molecular complexity index is 798. The molecule has 0 aromatic carbocycles. The fourth-order valence-corrected chi connectivity index (χ4v) is 3.83. The van der Waals surface area contributed by atoms with E-state index in [1.165, 1.54) is 27.0 Å². The van der Waals surface area contributed by atoms with E-state index in [-0.39, 0.29) is 31.3 Å². The van der Waals surface area contributed by atoms with Crippen molar-refractivity contribution in [2.24, 2.45) is 11.8 Å². The van der Waals surface area contributed by atoms with Gasteiger partial charge in [0.1, 0.15) is 12.2 Å². The number of ether oxygens (including phenoxy) is 5. The lowest BCUT2D eigenvalue weighted by atomic mass is 9.85. The Labute approximate surface area is 181 Å². The van der Waals surface area contributed by atoms with Crippen LogP contribution in [0.25, 0.3) is 0 Å². The van der Waals surface area contributed by atoms with Gasteiger partial charge in [0.15, 0.2) is 6.10 Å². The van der Waals surface area contributed by atoms with Crippen LogP contribution in [0.5, 0.6) is 0 Å². The van der Waals surface area contributed by atoms with Crippen molar-refractivity contribution in [3.8, 4) is 0 Å². The highest BCUT2D eigenvalue weighted by Gasteiger charge is 2.68. The van der Waals surface area contributed by atoms with Gasteiger partial charge in [0, 0.05) is 18.9 Å². The second-order valence-electron chi connectivity index (χ2n) is 9.26. The van der Waals surface area contributed by atoms with E-state index in [0.29, 0.717) is 17.8 Å². The number of carbonyl (C=O) groups is 3. The summed E-state index contributed by atoms with van der Waals surface area (Å²) in [5.74, 6) is -1.87. The molecule has 9 heteroatoms. The van der Waals surface area contributed by atoms with Crippen LogP contribution in [-0.2, 0) is 38.1 Å². The topological polar surface area (TPSA) is 121 Å². The Morgan fingerprint density at radius 1 is 1.26 bits per heavy atom. The zero-order valence-electron chi connectivity index (χ0n) is 18.5. The van der Waals surface area contributed by atoms with Crippen molar-refractivity contribution < 1.29 is 43.2 Å². The fraction of sp³-hybridized carbons (Fsp3) is 0.682. The second kappa shape index (κ2) is 8.63. The summed E-state index contributed by atoms with van der Waals surface area (Å²) in [6.45, 7) is 8.40. The first-order valence-corrected chi connectivity index (χ1v) is 10.4. The fourth-order valence-electron chi connectivity index (χ4n) is 3.83. The van der Waals surface area contributed by atoms with E-state index in [0.717, 1.165) is 0 Å². The van der Waals surface area contributed by atoms with Gasteiger partial charge >= 0.3 is 17.9 Å². The third-order valence-corrected chi connectivity index (χ3v) is 5.23. The summed E-state index contributed by atoms with van der Waals surface area (Å²) >= 11 is 0. The predicted molar refractivity (Wildman–Crippen MR) is 106 cm³/mol. The second-order valence-corrected chi connectivity index (χ2v) is 9.26. The largest absolute Gasteiger partial charge is 0.461 e. The average Bonchev–Trinajstić information content (AvgIpc) is 3.32. The lowest BCUT2D eigenvalue weighted by Gasteiger charge is -2.34. The molecule has 1 spiro atoms. The van der Waals surface area contributed by atoms with E-state index < -0.39 is 41.5 Å². The Kier molecular flexibility index (Phi) is 6.48. The van der Waals surface area contributed by atoms with Crippen molar-refractivity contribution in [3.05, 3.63) is 23.5 Å². The number of hydrogen-bond acceptors (Lipinski definition) is 9. The summed E-state index contributed by atoms with van der Waals surface area (Å²) < 4.78 is 27.7. The van der Waals surface area contributed by atoms with E-state index >= 15 is 0 Å². The monoisotopic (exact) mass is 438 g/mol. The number of epoxide rings is 1. The molecular formula is C22H30O9. The molecule has 172 valence electrons. The lowest BCUT2D eigenvalue weighted by Crippen LogP contribution is -2.45. The highest BCUT2D eigenvalue weighted by Crippen LogP contribution is 2.54. The van der Waals surface area contributed by atoms with Crippen molar-refractivity contribution in [1.82, 2.24) is 0 Å². The van der Waals surface area contributed by atoms with Crippen LogP contribution in [0, 0.1) is 11.8 Å². The third-order valence-electron chi connectivity index (χ3n) is 5.23. The minimum absolute atomic E-state index is 0.0370. The molecule has 9 nitrogen and oxygen atoms in total. The van der Waals surface area contributed by atoms with Crippen LogP contribution in [0.2, 0.25) is 0 Å². The van der Waals surface area contributed by atoms with Crippen LogP contribution in [-0.4, -0.2) is 59.8 Å². The maximum Gasteiger partial charge on any atom is 0.311 e. The van der Waals surface area contributed by atoms with Crippen molar-refractivity contribution in [2.75, 3.05) is 13.2 Å². The molecular weight excluding hydrogens is 408 g/mol. The molecule has 3 aliphatic rings. The van der Waals surface area contributed by atoms with Gasteiger partial charge in [-0.2, -0.15) is 0 Å². The molecule has 2 aliphatic heterocycles. The molecule has 1 aliphatic carbocycles. The number of hydrogen-bond donors (Lipinski definition) is 1. The number of aliphatic hydroxyl groups is 1. The Hall–Kier alpha value is -2.39.